The Morgan fingerprint density at radius 2 is 1.49 bits per heavy atom. The molecule has 0 bridgehead atoms. The van der Waals surface area contributed by atoms with Gasteiger partial charge in [0, 0.05) is 13.1 Å². The van der Waals surface area contributed by atoms with E-state index >= 15 is 0 Å². The van der Waals surface area contributed by atoms with E-state index in [0.29, 0.717) is 28.6 Å². The molecule has 35 heavy (non-hydrogen) atoms. The Labute approximate surface area is 201 Å². The van der Waals surface area contributed by atoms with Crippen LogP contribution in [-0.4, -0.2) is 27.5 Å². The van der Waals surface area contributed by atoms with Gasteiger partial charge in [0.1, 0.15) is 0 Å². The highest BCUT2D eigenvalue weighted by atomic mass is 19.4. The third kappa shape index (κ3) is 5.30. The third-order valence-electron chi connectivity index (χ3n) is 6.64. The van der Waals surface area contributed by atoms with Crippen molar-refractivity contribution in [2.24, 2.45) is 0 Å². The lowest BCUT2D eigenvalue weighted by molar-refractivity contribution is -0.137. The maximum absolute atomic E-state index is 13.0. The van der Waals surface area contributed by atoms with Crippen LogP contribution in [0.15, 0.2) is 77.9 Å². The van der Waals surface area contributed by atoms with E-state index in [0.717, 1.165) is 25.1 Å². The molecule has 0 N–H and O–H groups in total. The number of hydrogen-bond acceptors (Lipinski definition) is 3. The lowest BCUT2D eigenvalue weighted by Gasteiger charge is -2.14. The second-order valence-corrected chi connectivity index (χ2v) is 9.10. The zero-order chi connectivity index (χ0) is 24.4. The predicted octanol–water partition coefficient (Wildman–Crippen LogP) is 5.92. The molecule has 180 valence electrons. The topological polar surface area (TPSA) is 38.1 Å². The Hall–Kier alpha value is -3.45. The minimum atomic E-state index is -4.37. The number of alkyl halides is 3. The van der Waals surface area contributed by atoms with Crippen LogP contribution in [0.4, 0.5) is 13.2 Å². The summed E-state index contributed by atoms with van der Waals surface area (Å²) in [7, 11) is 0. The maximum atomic E-state index is 13.0. The number of hydrogen-bond donors (Lipinski definition) is 0. The molecule has 4 nitrogen and oxygen atoms in total. The van der Waals surface area contributed by atoms with Crippen molar-refractivity contribution in [1.29, 1.82) is 0 Å². The standard InChI is InChI=1S/C28H26F3N3O/c29-28(30,31)24-10-7-22(8-11-24)23-9-12-25-26(17-23)32-19-34(27(25)35)16-13-20-3-5-21(6-4-20)18-33-14-1-2-15-33/h3-12,17,19H,1-2,13-16,18H2. The first-order valence-corrected chi connectivity index (χ1v) is 11.8. The molecule has 0 unspecified atom stereocenters. The Bertz CT molecular complexity index is 1370. The van der Waals surface area contributed by atoms with Crippen molar-refractivity contribution in [3.63, 3.8) is 0 Å². The van der Waals surface area contributed by atoms with E-state index in [2.05, 4.69) is 34.1 Å². The fourth-order valence-corrected chi connectivity index (χ4v) is 4.61. The van der Waals surface area contributed by atoms with Gasteiger partial charge in [0.15, 0.2) is 0 Å². The van der Waals surface area contributed by atoms with Crippen LogP contribution in [0, 0.1) is 0 Å². The monoisotopic (exact) mass is 477 g/mol. The van der Waals surface area contributed by atoms with E-state index in [9.17, 15) is 18.0 Å². The molecular formula is C28H26F3N3O. The van der Waals surface area contributed by atoms with Crippen LogP contribution in [0.1, 0.15) is 29.5 Å². The van der Waals surface area contributed by atoms with Crippen molar-refractivity contribution in [3.05, 3.63) is 100 Å². The first kappa shape index (κ1) is 23.3. The molecule has 0 amide bonds. The summed E-state index contributed by atoms with van der Waals surface area (Å²) in [5, 5.41) is 0.490. The molecular weight excluding hydrogens is 451 g/mol. The molecule has 1 aliphatic heterocycles. The van der Waals surface area contributed by atoms with Gasteiger partial charge in [-0.25, -0.2) is 4.98 Å². The Kier molecular flexibility index (Phi) is 6.43. The van der Waals surface area contributed by atoms with Gasteiger partial charge < -0.3 is 0 Å². The van der Waals surface area contributed by atoms with Crippen molar-refractivity contribution >= 4 is 10.9 Å². The fourth-order valence-electron chi connectivity index (χ4n) is 4.61. The normalized spacial score (nSPS) is 14.6. The molecule has 1 aromatic heterocycles. The van der Waals surface area contributed by atoms with E-state index in [-0.39, 0.29) is 5.56 Å². The highest BCUT2D eigenvalue weighted by Crippen LogP contribution is 2.31. The lowest BCUT2D eigenvalue weighted by atomic mass is 10.0. The molecule has 0 saturated carbocycles. The van der Waals surface area contributed by atoms with Gasteiger partial charge in [0.25, 0.3) is 5.56 Å². The predicted molar refractivity (Wildman–Crippen MR) is 131 cm³/mol. The average molecular weight is 478 g/mol. The molecule has 1 fully saturated rings. The van der Waals surface area contributed by atoms with Crippen molar-refractivity contribution in [1.82, 2.24) is 14.5 Å². The molecule has 0 spiro atoms. The van der Waals surface area contributed by atoms with Gasteiger partial charge in [-0.15, -0.1) is 0 Å². The van der Waals surface area contributed by atoms with Crippen LogP contribution >= 0.6 is 0 Å². The van der Waals surface area contributed by atoms with Crippen LogP contribution in [0.5, 0.6) is 0 Å². The van der Waals surface area contributed by atoms with Crippen molar-refractivity contribution < 1.29 is 13.2 Å². The summed E-state index contributed by atoms with van der Waals surface area (Å²) in [5.41, 5.74) is 3.53. The highest BCUT2D eigenvalue weighted by molar-refractivity contribution is 5.83. The maximum Gasteiger partial charge on any atom is 0.416 e. The molecule has 0 atom stereocenters. The van der Waals surface area contributed by atoms with Gasteiger partial charge in [-0.1, -0.05) is 42.5 Å². The Morgan fingerprint density at radius 3 is 2.17 bits per heavy atom. The number of nitrogens with zero attached hydrogens (tertiary/aromatic N) is 3. The quantitative estimate of drug-likeness (QED) is 0.346. The fraction of sp³-hybridized carbons (Fsp3) is 0.286. The Balaban J connectivity index is 1.28. The zero-order valence-corrected chi connectivity index (χ0v) is 19.3. The summed E-state index contributed by atoms with van der Waals surface area (Å²) in [6.45, 7) is 3.85. The number of rotatable bonds is 6. The average Bonchev–Trinajstić information content (AvgIpc) is 3.37. The second-order valence-electron chi connectivity index (χ2n) is 9.10. The van der Waals surface area contributed by atoms with E-state index in [4.69, 9.17) is 0 Å². The van der Waals surface area contributed by atoms with Crippen molar-refractivity contribution in [3.8, 4) is 11.1 Å². The largest absolute Gasteiger partial charge is 0.416 e. The summed E-state index contributed by atoms with van der Waals surface area (Å²) >= 11 is 0. The zero-order valence-electron chi connectivity index (χ0n) is 19.3. The third-order valence-corrected chi connectivity index (χ3v) is 6.64. The molecule has 0 radical (unpaired) electrons. The molecule has 1 aliphatic rings. The Morgan fingerprint density at radius 1 is 0.829 bits per heavy atom. The smallest absolute Gasteiger partial charge is 0.299 e. The van der Waals surface area contributed by atoms with E-state index in [1.807, 2.05) is 0 Å². The van der Waals surface area contributed by atoms with Crippen LogP contribution in [0.25, 0.3) is 22.0 Å². The summed E-state index contributed by atoms with van der Waals surface area (Å²) < 4.78 is 40.1. The molecule has 5 rings (SSSR count). The number of likely N-dealkylation sites (tertiary alicyclic amines) is 1. The van der Waals surface area contributed by atoms with Gasteiger partial charge in [-0.05, 0) is 78.9 Å². The summed E-state index contributed by atoms with van der Waals surface area (Å²) in [5.74, 6) is 0. The molecule has 1 saturated heterocycles. The summed E-state index contributed by atoms with van der Waals surface area (Å²) in [6, 6.07) is 18.7. The van der Waals surface area contributed by atoms with Gasteiger partial charge >= 0.3 is 6.18 Å². The number of halogens is 3. The van der Waals surface area contributed by atoms with Crippen LogP contribution < -0.4 is 5.56 Å². The minimum Gasteiger partial charge on any atom is -0.299 e. The molecule has 0 aliphatic carbocycles. The second kappa shape index (κ2) is 9.66. The minimum absolute atomic E-state index is 0.125. The van der Waals surface area contributed by atoms with E-state index in [1.165, 1.54) is 49.2 Å². The van der Waals surface area contributed by atoms with Gasteiger partial charge in [0.05, 0.1) is 22.8 Å². The first-order valence-electron chi connectivity index (χ1n) is 11.8. The highest BCUT2D eigenvalue weighted by Gasteiger charge is 2.30. The van der Waals surface area contributed by atoms with E-state index in [1.54, 1.807) is 29.1 Å². The van der Waals surface area contributed by atoms with Crippen LogP contribution in [0.2, 0.25) is 0 Å². The number of aryl methyl sites for hydroxylation is 2. The van der Waals surface area contributed by atoms with Gasteiger partial charge in [0.2, 0.25) is 0 Å². The summed E-state index contributed by atoms with van der Waals surface area (Å²) in [6.07, 6.45) is 0.458. The number of aromatic nitrogens is 2. The van der Waals surface area contributed by atoms with Crippen molar-refractivity contribution in [2.75, 3.05) is 13.1 Å². The number of benzene rings is 3. The number of fused-ring (bicyclic) bond motifs is 1. The molecule has 3 aromatic carbocycles. The van der Waals surface area contributed by atoms with E-state index < -0.39 is 11.7 Å². The summed E-state index contributed by atoms with van der Waals surface area (Å²) in [4.78, 5) is 19.9. The van der Waals surface area contributed by atoms with Gasteiger partial charge in [-0.3, -0.25) is 14.3 Å². The molecule has 2 heterocycles. The molecule has 4 aromatic rings. The first-order chi connectivity index (χ1) is 16.9. The molecule has 7 heteroatoms. The SMILES string of the molecule is O=c1c2ccc(-c3ccc(C(F)(F)F)cc3)cc2ncn1CCc1ccc(CN2CCCC2)cc1. The van der Waals surface area contributed by atoms with Gasteiger partial charge in [-0.2, -0.15) is 13.2 Å². The van der Waals surface area contributed by atoms with Crippen LogP contribution in [0.3, 0.4) is 0 Å². The van der Waals surface area contributed by atoms with Crippen molar-refractivity contribution in [2.45, 2.75) is 38.5 Å². The van der Waals surface area contributed by atoms with Crippen LogP contribution in [-0.2, 0) is 25.7 Å². The lowest BCUT2D eigenvalue weighted by Crippen LogP contribution is -2.21.